The molecule has 0 unspecified atom stereocenters. The van der Waals surface area contributed by atoms with E-state index in [1.54, 1.807) is 24.5 Å². The van der Waals surface area contributed by atoms with Crippen LogP contribution in [-0.2, 0) is 29.3 Å². The molecule has 10 heteroatoms. The van der Waals surface area contributed by atoms with Gasteiger partial charge < -0.3 is 14.6 Å². The first kappa shape index (κ1) is 25.1. The van der Waals surface area contributed by atoms with Crippen LogP contribution in [-0.4, -0.2) is 30.5 Å². The molecular formula is C26H25FN4O4S. The summed E-state index contributed by atoms with van der Waals surface area (Å²) in [7, 11) is -3.81. The van der Waals surface area contributed by atoms with E-state index in [1.165, 1.54) is 30.0 Å². The van der Waals surface area contributed by atoms with Crippen LogP contribution in [0.3, 0.4) is 0 Å². The van der Waals surface area contributed by atoms with Gasteiger partial charge in [0.25, 0.3) is 5.91 Å². The van der Waals surface area contributed by atoms with E-state index >= 15 is 0 Å². The van der Waals surface area contributed by atoms with Crippen LogP contribution in [0.4, 0.5) is 15.8 Å². The molecule has 0 aliphatic rings. The summed E-state index contributed by atoms with van der Waals surface area (Å²) in [5.74, 6) is -0.783. The van der Waals surface area contributed by atoms with Gasteiger partial charge >= 0.3 is 0 Å². The molecule has 186 valence electrons. The smallest absolute Gasteiger partial charge is 0.276 e. The van der Waals surface area contributed by atoms with Gasteiger partial charge in [0.1, 0.15) is 11.6 Å². The molecule has 1 N–H and O–H groups in total. The molecule has 0 aliphatic carbocycles. The van der Waals surface area contributed by atoms with Crippen molar-refractivity contribution in [2.45, 2.75) is 31.6 Å². The predicted molar refractivity (Wildman–Crippen MR) is 134 cm³/mol. The van der Waals surface area contributed by atoms with Crippen molar-refractivity contribution >= 4 is 27.1 Å². The van der Waals surface area contributed by atoms with E-state index in [2.05, 4.69) is 22.2 Å². The fraction of sp³-hybridized carbons (Fsp3) is 0.192. The standard InChI is InChI=1S/C26H25FN4O4S/c1-3-18-10-12-19(13-11-18)16-31(17-20-7-6-14-35-20)23-15-28-26(36(2,33)34)30-24(23)25(32)29-22-9-5-4-8-21(22)27/h4-15H,3,16-17H2,1-2H3,(H,29,32). The number of furan rings is 1. The minimum atomic E-state index is -3.81. The molecule has 0 fully saturated rings. The second-order valence-electron chi connectivity index (χ2n) is 8.20. The summed E-state index contributed by atoms with van der Waals surface area (Å²) in [5, 5.41) is 1.98. The van der Waals surface area contributed by atoms with Gasteiger partial charge in [0, 0.05) is 12.8 Å². The third kappa shape index (κ3) is 5.95. The van der Waals surface area contributed by atoms with Crippen LogP contribution in [0, 0.1) is 5.82 Å². The maximum absolute atomic E-state index is 14.2. The lowest BCUT2D eigenvalue weighted by atomic mass is 10.1. The maximum atomic E-state index is 14.2. The molecule has 2 aromatic heterocycles. The number of halogens is 1. The van der Waals surface area contributed by atoms with Crippen molar-refractivity contribution in [3.05, 3.63) is 102 Å². The van der Waals surface area contributed by atoms with Crippen molar-refractivity contribution in [3.8, 4) is 0 Å². The fourth-order valence-electron chi connectivity index (χ4n) is 3.60. The number of hydrogen-bond donors (Lipinski definition) is 1. The highest BCUT2D eigenvalue weighted by molar-refractivity contribution is 7.90. The summed E-state index contributed by atoms with van der Waals surface area (Å²) in [4.78, 5) is 23.2. The van der Waals surface area contributed by atoms with E-state index in [1.807, 2.05) is 29.2 Å². The van der Waals surface area contributed by atoms with Gasteiger partial charge in [-0.2, -0.15) is 0 Å². The third-order valence-corrected chi connectivity index (χ3v) is 6.35. The Hall–Kier alpha value is -4.05. The van der Waals surface area contributed by atoms with Crippen LogP contribution >= 0.6 is 0 Å². The number of para-hydroxylation sites is 1. The van der Waals surface area contributed by atoms with Crippen LogP contribution in [0.2, 0.25) is 0 Å². The van der Waals surface area contributed by atoms with Gasteiger partial charge in [0.2, 0.25) is 15.0 Å². The molecule has 0 saturated heterocycles. The Morgan fingerprint density at radius 3 is 2.39 bits per heavy atom. The monoisotopic (exact) mass is 508 g/mol. The molecule has 1 amide bonds. The molecule has 0 bridgehead atoms. The van der Waals surface area contributed by atoms with E-state index in [0.717, 1.165) is 18.2 Å². The topological polar surface area (TPSA) is 105 Å². The number of carbonyl (C=O) groups is 1. The van der Waals surface area contributed by atoms with Gasteiger partial charge in [0.05, 0.1) is 30.4 Å². The van der Waals surface area contributed by atoms with Crippen LogP contribution in [0.25, 0.3) is 0 Å². The van der Waals surface area contributed by atoms with E-state index in [0.29, 0.717) is 12.3 Å². The van der Waals surface area contributed by atoms with Gasteiger partial charge in [-0.1, -0.05) is 43.3 Å². The van der Waals surface area contributed by atoms with Gasteiger partial charge in [-0.3, -0.25) is 4.79 Å². The predicted octanol–water partition coefficient (Wildman–Crippen LogP) is 4.63. The van der Waals surface area contributed by atoms with Crippen molar-refractivity contribution in [1.29, 1.82) is 0 Å². The zero-order chi connectivity index (χ0) is 25.7. The van der Waals surface area contributed by atoms with Gasteiger partial charge in [0.15, 0.2) is 5.69 Å². The first-order valence-electron chi connectivity index (χ1n) is 11.2. The van der Waals surface area contributed by atoms with E-state index in [-0.39, 0.29) is 23.6 Å². The average Bonchev–Trinajstić information content (AvgIpc) is 3.38. The second-order valence-corrected chi connectivity index (χ2v) is 10.1. The second kappa shape index (κ2) is 10.7. The Kier molecular flexibility index (Phi) is 7.44. The Labute approximate surface area is 208 Å². The fourth-order valence-corrected chi connectivity index (χ4v) is 4.10. The average molecular weight is 509 g/mol. The highest BCUT2D eigenvalue weighted by atomic mass is 32.2. The summed E-state index contributed by atoms with van der Waals surface area (Å²) in [6.45, 7) is 2.68. The Morgan fingerprint density at radius 1 is 1.03 bits per heavy atom. The van der Waals surface area contributed by atoms with Gasteiger partial charge in [-0.15, -0.1) is 0 Å². The Balaban J connectivity index is 1.78. The summed E-state index contributed by atoms with van der Waals surface area (Å²) in [6.07, 6.45) is 4.69. The highest BCUT2D eigenvalue weighted by Crippen LogP contribution is 2.26. The Morgan fingerprint density at radius 2 is 1.75 bits per heavy atom. The number of aromatic nitrogens is 2. The van der Waals surface area contributed by atoms with E-state index in [4.69, 9.17) is 4.42 Å². The SMILES string of the molecule is CCc1ccc(CN(Cc2ccco2)c2cnc(S(C)(=O)=O)nc2C(=O)Nc2ccccc2F)cc1. The largest absolute Gasteiger partial charge is 0.467 e. The molecule has 0 aliphatic heterocycles. The minimum Gasteiger partial charge on any atom is -0.467 e. The van der Waals surface area contributed by atoms with E-state index in [9.17, 15) is 17.6 Å². The number of nitrogens with one attached hydrogen (secondary N) is 1. The third-order valence-electron chi connectivity index (χ3n) is 5.49. The number of sulfone groups is 1. The molecule has 36 heavy (non-hydrogen) atoms. The molecule has 0 saturated carbocycles. The lowest BCUT2D eigenvalue weighted by molar-refractivity contribution is 0.102. The normalized spacial score (nSPS) is 11.3. The molecule has 0 radical (unpaired) electrons. The van der Waals surface area contributed by atoms with Crippen molar-refractivity contribution in [3.63, 3.8) is 0 Å². The number of hydrogen-bond acceptors (Lipinski definition) is 7. The maximum Gasteiger partial charge on any atom is 0.276 e. The van der Waals surface area contributed by atoms with Gasteiger partial charge in [-0.25, -0.2) is 22.8 Å². The first-order valence-corrected chi connectivity index (χ1v) is 13.1. The molecule has 2 aromatic carbocycles. The number of aryl methyl sites for hydroxylation is 1. The summed E-state index contributed by atoms with van der Waals surface area (Å²) < 4.78 is 44.1. The molecule has 0 atom stereocenters. The zero-order valence-corrected chi connectivity index (χ0v) is 20.6. The molecular weight excluding hydrogens is 483 g/mol. The van der Waals surface area contributed by atoms with Crippen molar-refractivity contribution in [2.75, 3.05) is 16.5 Å². The number of rotatable bonds is 9. The molecule has 8 nitrogen and oxygen atoms in total. The number of amides is 1. The molecule has 2 heterocycles. The van der Waals surface area contributed by atoms with Crippen LogP contribution < -0.4 is 10.2 Å². The molecule has 0 spiro atoms. The summed E-state index contributed by atoms with van der Waals surface area (Å²) in [6, 6.07) is 17.2. The lowest BCUT2D eigenvalue weighted by Crippen LogP contribution is -2.27. The van der Waals surface area contributed by atoms with Crippen molar-refractivity contribution in [2.24, 2.45) is 0 Å². The van der Waals surface area contributed by atoms with Gasteiger partial charge in [-0.05, 0) is 41.8 Å². The number of benzene rings is 2. The molecule has 4 aromatic rings. The molecule has 4 rings (SSSR count). The quantitative estimate of drug-likeness (QED) is 0.329. The number of nitrogens with zero attached hydrogens (tertiary/aromatic N) is 3. The minimum absolute atomic E-state index is 0.0549. The zero-order valence-electron chi connectivity index (χ0n) is 19.8. The number of anilines is 2. The van der Waals surface area contributed by atoms with Crippen molar-refractivity contribution in [1.82, 2.24) is 9.97 Å². The van der Waals surface area contributed by atoms with Crippen LogP contribution in [0.5, 0.6) is 0 Å². The summed E-state index contributed by atoms with van der Waals surface area (Å²) >= 11 is 0. The summed E-state index contributed by atoms with van der Waals surface area (Å²) in [5.41, 5.74) is 2.15. The number of carbonyl (C=O) groups excluding carboxylic acids is 1. The Bertz CT molecular complexity index is 1460. The van der Waals surface area contributed by atoms with Crippen LogP contribution in [0.1, 0.15) is 34.3 Å². The van der Waals surface area contributed by atoms with E-state index < -0.39 is 26.7 Å². The lowest BCUT2D eigenvalue weighted by Gasteiger charge is -2.25. The van der Waals surface area contributed by atoms with Crippen molar-refractivity contribution < 1.29 is 22.0 Å². The first-order chi connectivity index (χ1) is 17.2. The van der Waals surface area contributed by atoms with Crippen LogP contribution in [0.15, 0.2) is 82.7 Å². The highest BCUT2D eigenvalue weighted by Gasteiger charge is 2.24.